The summed E-state index contributed by atoms with van der Waals surface area (Å²) in [6.07, 6.45) is 0. The molecule has 0 fully saturated rings. The molecule has 0 radical (unpaired) electrons. The molecule has 2 aromatic carbocycles. The van der Waals surface area contributed by atoms with Crippen LogP contribution in [-0.4, -0.2) is 19.5 Å². The van der Waals surface area contributed by atoms with Crippen molar-refractivity contribution in [2.45, 2.75) is 4.90 Å². The third-order valence-corrected chi connectivity index (χ3v) is 4.50. The Morgan fingerprint density at radius 1 is 1.09 bits per heavy atom. The van der Waals surface area contributed by atoms with Gasteiger partial charge in [0.2, 0.25) is 0 Å². The van der Waals surface area contributed by atoms with Gasteiger partial charge in [-0.1, -0.05) is 11.6 Å². The Morgan fingerprint density at radius 3 is 2.36 bits per heavy atom. The van der Waals surface area contributed by atoms with Gasteiger partial charge >= 0.3 is 5.97 Å². The fourth-order valence-electron chi connectivity index (χ4n) is 1.61. The van der Waals surface area contributed by atoms with E-state index in [-0.39, 0.29) is 16.3 Å². The van der Waals surface area contributed by atoms with Crippen LogP contribution in [-0.2, 0) is 10.0 Å². The van der Waals surface area contributed by atoms with E-state index in [0.717, 1.165) is 30.3 Å². The Bertz CT molecular complexity index is 855. The van der Waals surface area contributed by atoms with Crippen LogP contribution in [0, 0.1) is 11.6 Å². The summed E-state index contributed by atoms with van der Waals surface area (Å²) >= 11 is 5.76. The third-order valence-electron chi connectivity index (χ3n) is 2.64. The first kappa shape index (κ1) is 16.2. The average molecular weight is 348 g/mol. The molecule has 0 aliphatic carbocycles. The monoisotopic (exact) mass is 347 g/mol. The van der Waals surface area contributed by atoms with E-state index in [0.29, 0.717) is 6.07 Å². The number of aromatic carboxylic acids is 1. The summed E-state index contributed by atoms with van der Waals surface area (Å²) in [5, 5.41) is 8.66. The Labute approximate surface area is 129 Å². The van der Waals surface area contributed by atoms with Gasteiger partial charge in [-0.25, -0.2) is 22.0 Å². The molecule has 2 N–H and O–H groups in total. The molecule has 2 rings (SSSR count). The number of rotatable bonds is 4. The number of hydrogen-bond acceptors (Lipinski definition) is 3. The lowest BCUT2D eigenvalue weighted by Crippen LogP contribution is -2.14. The van der Waals surface area contributed by atoms with Crippen LogP contribution >= 0.6 is 11.6 Å². The van der Waals surface area contributed by atoms with Crippen LogP contribution in [0.15, 0.2) is 41.3 Å². The van der Waals surface area contributed by atoms with E-state index in [2.05, 4.69) is 0 Å². The Balaban J connectivity index is 2.44. The van der Waals surface area contributed by atoms with Crippen LogP contribution in [0.5, 0.6) is 0 Å². The Hall–Kier alpha value is -2.19. The van der Waals surface area contributed by atoms with Crippen LogP contribution < -0.4 is 4.72 Å². The molecule has 0 saturated heterocycles. The van der Waals surface area contributed by atoms with E-state index >= 15 is 0 Å². The predicted octanol–water partition coefficient (Wildman–Crippen LogP) is 3.12. The second kappa shape index (κ2) is 5.90. The maximum Gasteiger partial charge on any atom is 0.335 e. The summed E-state index contributed by atoms with van der Waals surface area (Å²) in [4.78, 5) is 10.4. The zero-order valence-corrected chi connectivity index (χ0v) is 12.3. The molecule has 22 heavy (non-hydrogen) atoms. The van der Waals surface area contributed by atoms with Crippen molar-refractivity contribution in [3.05, 3.63) is 58.6 Å². The van der Waals surface area contributed by atoms with Gasteiger partial charge in [-0.2, -0.15) is 0 Å². The quantitative estimate of drug-likeness (QED) is 0.890. The third kappa shape index (κ3) is 3.34. The molecule has 0 saturated carbocycles. The number of hydrogen-bond donors (Lipinski definition) is 2. The van der Waals surface area contributed by atoms with Crippen molar-refractivity contribution in [3.8, 4) is 0 Å². The number of benzene rings is 2. The first-order valence-corrected chi connectivity index (χ1v) is 7.57. The van der Waals surface area contributed by atoms with Gasteiger partial charge in [0.25, 0.3) is 10.0 Å². The second-order valence-corrected chi connectivity index (χ2v) is 6.24. The van der Waals surface area contributed by atoms with E-state index in [4.69, 9.17) is 16.7 Å². The molecule has 0 unspecified atom stereocenters. The van der Waals surface area contributed by atoms with Crippen LogP contribution in [0.3, 0.4) is 0 Å². The van der Waals surface area contributed by atoms with Gasteiger partial charge in [-0.3, -0.25) is 4.72 Å². The normalized spacial score (nSPS) is 11.2. The van der Waals surface area contributed by atoms with Gasteiger partial charge in [-0.05, 0) is 30.3 Å². The second-order valence-electron chi connectivity index (χ2n) is 4.18. The molecule has 2 aromatic rings. The number of carboxylic acids is 1. The van der Waals surface area contributed by atoms with Crippen LogP contribution in [0.25, 0.3) is 0 Å². The zero-order chi connectivity index (χ0) is 16.5. The van der Waals surface area contributed by atoms with Crippen molar-refractivity contribution >= 4 is 33.3 Å². The number of carbonyl (C=O) groups is 1. The zero-order valence-electron chi connectivity index (χ0n) is 10.7. The van der Waals surface area contributed by atoms with Gasteiger partial charge < -0.3 is 5.11 Å². The summed E-state index contributed by atoms with van der Waals surface area (Å²) in [6, 6.07) is 5.55. The number of anilines is 1. The van der Waals surface area contributed by atoms with E-state index in [1.807, 2.05) is 4.72 Å². The average Bonchev–Trinajstić information content (AvgIpc) is 2.42. The SMILES string of the molecule is O=C(O)c1ccc(Cl)c(S(=O)(=O)Nc2ccc(F)c(F)c2)c1. The highest BCUT2D eigenvalue weighted by atomic mass is 35.5. The summed E-state index contributed by atoms with van der Waals surface area (Å²) in [7, 11) is -4.26. The summed E-state index contributed by atoms with van der Waals surface area (Å²) in [6.45, 7) is 0. The topological polar surface area (TPSA) is 83.5 Å². The standard InChI is InChI=1S/C13H8ClF2NO4S/c14-9-3-1-7(13(18)19)5-12(9)22(20,21)17-8-2-4-10(15)11(16)6-8/h1-6,17H,(H,18,19). The molecule has 9 heteroatoms. The molecule has 0 amide bonds. The van der Waals surface area contributed by atoms with Crippen LogP contribution in [0.2, 0.25) is 5.02 Å². The summed E-state index contributed by atoms with van der Waals surface area (Å²) < 4.78 is 52.3. The lowest BCUT2D eigenvalue weighted by molar-refractivity contribution is 0.0696. The van der Waals surface area contributed by atoms with E-state index in [1.54, 1.807) is 0 Å². The predicted molar refractivity (Wildman–Crippen MR) is 75.6 cm³/mol. The molecule has 0 heterocycles. The first-order chi connectivity index (χ1) is 10.2. The minimum absolute atomic E-state index is 0.208. The maximum atomic E-state index is 13.1. The maximum absolute atomic E-state index is 13.1. The van der Waals surface area contributed by atoms with Crippen molar-refractivity contribution < 1.29 is 27.1 Å². The van der Waals surface area contributed by atoms with E-state index in [9.17, 15) is 22.0 Å². The van der Waals surface area contributed by atoms with E-state index < -0.39 is 32.5 Å². The van der Waals surface area contributed by atoms with Crippen molar-refractivity contribution in [2.75, 3.05) is 4.72 Å². The smallest absolute Gasteiger partial charge is 0.335 e. The molecule has 5 nitrogen and oxygen atoms in total. The highest BCUT2D eigenvalue weighted by molar-refractivity contribution is 7.92. The minimum atomic E-state index is -4.26. The molecule has 0 spiro atoms. The number of carboxylic acid groups (broad SMARTS) is 1. The summed E-state index contributed by atoms with van der Waals surface area (Å²) in [5.74, 6) is -3.69. The molecule has 0 bridgehead atoms. The van der Waals surface area contributed by atoms with E-state index in [1.165, 1.54) is 0 Å². The molecule has 0 aliphatic heterocycles. The van der Waals surface area contributed by atoms with Crippen molar-refractivity contribution in [1.82, 2.24) is 0 Å². The number of halogens is 3. The number of sulfonamides is 1. The Kier molecular flexibility index (Phi) is 4.34. The van der Waals surface area contributed by atoms with Crippen molar-refractivity contribution in [3.63, 3.8) is 0 Å². The van der Waals surface area contributed by atoms with Crippen LogP contribution in [0.4, 0.5) is 14.5 Å². The van der Waals surface area contributed by atoms with Crippen molar-refractivity contribution in [1.29, 1.82) is 0 Å². The van der Waals surface area contributed by atoms with Gasteiger partial charge in [0, 0.05) is 6.07 Å². The molecule has 116 valence electrons. The van der Waals surface area contributed by atoms with Gasteiger partial charge in [0.15, 0.2) is 11.6 Å². The fourth-order valence-corrected chi connectivity index (χ4v) is 3.19. The largest absolute Gasteiger partial charge is 0.478 e. The Morgan fingerprint density at radius 2 is 1.77 bits per heavy atom. The lowest BCUT2D eigenvalue weighted by atomic mass is 10.2. The number of nitrogens with one attached hydrogen (secondary N) is 1. The fraction of sp³-hybridized carbons (Fsp3) is 0. The van der Waals surface area contributed by atoms with Gasteiger partial charge in [-0.15, -0.1) is 0 Å². The van der Waals surface area contributed by atoms with Gasteiger partial charge in [0.05, 0.1) is 16.3 Å². The molecular formula is C13H8ClF2NO4S. The van der Waals surface area contributed by atoms with Crippen molar-refractivity contribution in [2.24, 2.45) is 0 Å². The molecule has 0 atom stereocenters. The highest BCUT2D eigenvalue weighted by Gasteiger charge is 2.20. The first-order valence-electron chi connectivity index (χ1n) is 5.71. The molecule has 0 aromatic heterocycles. The van der Waals surface area contributed by atoms with Crippen LogP contribution in [0.1, 0.15) is 10.4 Å². The van der Waals surface area contributed by atoms with Gasteiger partial charge in [0.1, 0.15) is 4.90 Å². The lowest BCUT2D eigenvalue weighted by Gasteiger charge is -2.10. The summed E-state index contributed by atoms with van der Waals surface area (Å²) in [5.41, 5.74) is -0.509. The molecular weight excluding hydrogens is 340 g/mol. The highest BCUT2D eigenvalue weighted by Crippen LogP contribution is 2.25. The molecule has 0 aliphatic rings. The minimum Gasteiger partial charge on any atom is -0.478 e.